The van der Waals surface area contributed by atoms with Crippen LogP contribution in [0.25, 0.3) is 0 Å². The Labute approximate surface area is 120 Å². The molecule has 108 valence electrons. The molecule has 3 rings (SSSR count). The standard InChI is InChI=1S/C14H12BFO5/c16-10-2-1-9(12(5-10)15(17)18)7-19-11-3-4-13-14(6-11)21-8-20-13/h1-6,17-18H,7-8H2. The molecular weight excluding hydrogens is 278 g/mol. The minimum Gasteiger partial charge on any atom is -0.489 e. The van der Waals surface area contributed by atoms with Crippen LogP contribution in [0.5, 0.6) is 17.2 Å². The normalized spacial score (nSPS) is 12.3. The summed E-state index contributed by atoms with van der Waals surface area (Å²) in [7, 11) is -1.75. The van der Waals surface area contributed by atoms with Gasteiger partial charge in [0.25, 0.3) is 0 Å². The molecule has 0 aliphatic carbocycles. The summed E-state index contributed by atoms with van der Waals surface area (Å²) in [5.41, 5.74) is 0.569. The zero-order chi connectivity index (χ0) is 14.8. The second-order valence-electron chi connectivity index (χ2n) is 4.52. The number of fused-ring (bicyclic) bond motifs is 1. The average Bonchev–Trinajstić information content (AvgIpc) is 2.93. The summed E-state index contributed by atoms with van der Waals surface area (Å²) in [6.07, 6.45) is 0. The molecule has 1 aliphatic rings. The monoisotopic (exact) mass is 290 g/mol. The molecule has 2 aromatic rings. The van der Waals surface area contributed by atoms with Gasteiger partial charge < -0.3 is 24.3 Å². The fourth-order valence-electron chi connectivity index (χ4n) is 2.07. The van der Waals surface area contributed by atoms with E-state index in [1.807, 2.05) is 0 Å². The number of ether oxygens (including phenoxy) is 3. The highest BCUT2D eigenvalue weighted by molar-refractivity contribution is 6.59. The Balaban J connectivity index is 1.76. The lowest BCUT2D eigenvalue weighted by Crippen LogP contribution is -2.34. The summed E-state index contributed by atoms with van der Waals surface area (Å²) < 4.78 is 29.1. The van der Waals surface area contributed by atoms with E-state index in [2.05, 4.69) is 0 Å². The van der Waals surface area contributed by atoms with Crippen LogP contribution in [0, 0.1) is 5.82 Å². The fraction of sp³-hybridized carbons (Fsp3) is 0.143. The molecule has 2 aromatic carbocycles. The maximum absolute atomic E-state index is 13.1. The highest BCUT2D eigenvalue weighted by Gasteiger charge is 2.18. The van der Waals surface area contributed by atoms with Crippen LogP contribution in [-0.4, -0.2) is 24.0 Å². The first-order valence-corrected chi connectivity index (χ1v) is 6.30. The maximum Gasteiger partial charge on any atom is 0.488 e. The maximum atomic E-state index is 13.1. The van der Waals surface area contributed by atoms with Gasteiger partial charge in [0, 0.05) is 6.07 Å². The molecule has 1 aliphatic heterocycles. The van der Waals surface area contributed by atoms with Gasteiger partial charge >= 0.3 is 7.12 Å². The Kier molecular flexibility index (Phi) is 3.68. The molecule has 0 radical (unpaired) electrons. The second-order valence-corrected chi connectivity index (χ2v) is 4.52. The van der Waals surface area contributed by atoms with Crippen molar-refractivity contribution < 1.29 is 28.6 Å². The number of benzene rings is 2. The predicted octanol–water partition coefficient (Wildman–Crippen LogP) is 0.813. The summed E-state index contributed by atoms with van der Waals surface area (Å²) in [6.45, 7) is 0.254. The Bertz CT molecular complexity index is 662. The van der Waals surface area contributed by atoms with Crippen molar-refractivity contribution in [1.82, 2.24) is 0 Å². The lowest BCUT2D eigenvalue weighted by molar-refractivity contribution is 0.173. The van der Waals surface area contributed by atoms with E-state index in [0.29, 0.717) is 22.8 Å². The van der Waals surface area contributed by atoms with Crippen molar-refractivity contribution in [3.63, 3.8) is 0 Å². The molecule has 0 saturated carbocycles. The fourth-order valence-corrected chi connectivity index (χ4v) is 2.07. The molecule has 0 saturated heterocycles. The van der Waals surface area contributed by atoms with Gasteiger partial charge in [0.2, 0.25) is 6.79 Å². The van der Waals surface area contributed by atoms with E-state index >= 15 is 0 Å². The minimum atomic E-state index is -1.75. The first-order chi connectivity index (χ1) is 10.1. The molecule has 21 heavy (non-hydrogen) atoms. The van der Waals surface area contributed by atoms with E-state index in [4.69, 9.17) is 14.2 Å². The molecule has 0 atom stereocenters. The molecule has 0 amide bonds. The predicted molar refractivity (Wildman–Crippen MR) is 73.1 cm³/mol. The highest BCUT2D eigenvalue weighted by Crippen LogP contribution is 2.35. The first kappa shape index (κ1) is 13.7. The summed E-state index contributed by atoms with van der Waals surface area (Å²) in [5.74, 6) is 1.25. The van der Waals surface area contributed by atoms with Gasteiger partial charge in [-0.2, -0.15) is 0 Å². The zero-order valence-corrected chi connectivity index (χ0v) is 11.0. The van der Waals surface area contributed by atoms with Crippen molar-refractivity contribution in [1.29, 1.82) is 0 Å². The zero-order valence-electron chi connectivity index (χ0n) is 11.0. The molecular formula is C14H12BFO5. The number of hydrogen-bond donors (Lipinski definition) is 2. The summed E-state index contributed by atoms with van der Waals surface area (Å²) in [5, 5.41) is 18.5. The largest absolute Gasteiger partial charge is 0.489 e. The van der Waals surface area contributed by atoms with Gasteiger partial charge in [0.05, 0.1) is 0 Å². The Morgan fingerprint density at radius 3 is 2.71 bits per heavy atom. The Morgan fingerprint density at radius 1 is 1.10 bits per heavy atom. The van der Waals surface area contributed by atoms with Crippen molar-refractivity contribution in [3.05, 3.63) is 47.8 Å². The van der Waals surface area contributed by atoms with E-state index in [1.165, 1.54) is 12.1 Å². The topological polar surface area (TPSA) is 68.2 Å². The van der Waals surface area contributed by atoms with Gasteiger partial charge in [-0.3, -0.25) is 0 Å². The lowest BCUT2D eigenvalue weighted by atomic mass is 9.77. The van der Waals surface area contributed by atoms with Gasteiger partial charge in [-0.1, -0.05) is 6.07 Å². The lowest BCUT2D eigenvalue weighted by Gasteiger charge is -2.11. The van der Waals surface area contributed by atoms with Crippen molar-refractivity contribution >= 4 is 12.6 Å². The number of halogens is 1. The van der Waals surface area contributed by atoms with Crippen molar-refractivity contribution in [2.24, 2.45) is 0 Å². The van der Waals surface area contributed by atoms with Gasteiger partial charge in [0.15, 0.2) is 11.5 Å². The van der Waals surface area contributed by atoms with E-state index in [-0.39, 0.29) is 18.9 Å². The summed E-state index contributed by atoms with van der Waals surface area (Å²) >= 11 is 0. The summed E-state index contributed by atoms with van der Waals surface area (Å²) in [4.78, 5) is 0. The molecule has 0 fully saturated rings. The van der Waals surface area contributed by atoms with Crippen LogP contribution in [0.2, 0.25) is 0 Å². The Morgan fingerprint density at radius 2 is 1.90 bits per heavy atom. The average molecular weight is 290 g/mol. The molecule has 7 heteroatoms. The molecule has 1 heterocycles. The van der Waals surface area contributed by atoms with Crippen LogP contribution >= 0.6 is 0 Å². The van der Waals surface area contributed by atoms with Gasteiger partial charge in [-0.05, 0) is 35.3 Å². The smallest absolute Gasteiger partial charge is 0.488 e. The first-order valence-electron chi connectivity index (χ1n) is 6.30. The molecule has 0 unspecified atom stereocenters. The van der Waals surface area contributed by atoms with Crippen LogP contribution in [-0.2, 0) is 6.61 Å². The molecule has 0 bridgehead atoms. The quantitative estimate of drug-likeness (QED) is 0.816. The molecule has 2 N–H and O–H groups in total. The van der Waals surface area contributed by atoms with Gasteiger partial charge in [0.1, 0.15) is 18.2 Å². The SMILES string of the molecule is OB(O)c1cc(F)ccc1COc1ccc2c(c1)OCO2. The number of hydrogen-bond acceptors (Lipinski definition) is 5. The molecule has 0 spiro atoms. The van der Waals surface area contributed by atoms with Crippen molar-refractivity contribution in [2.75, 3.05) is 6.79 Å². The molecule has 0 aromatic heterocycles. The van der Waals surface area contributed by atoms with E-state index < -0.39 is 12.9 Å². The van der Waals surface area contributed by atoms with Crippen LogP contribution in [0.1, 0.15) is 5.56 Å². The second kappa shape index (κ2) is 5.63. The summed E-state index contributed by atoms with van der Waals surface area (Å²) in [6, 6.07) is 8.89. The third kappa shape index (κ3) is 2.93. The van der Waals surface area contributed by atoms with Crippen LogP contribution in [0.15, 0.2) is 36.4 Å². The number of rotatable bonds is 4. The van der Waals surface area contributed by atoms with E-state index in [0.717, 1.165) is 6.07 Å². The van der Waals surface area contributed by atoms with Crippen molar-refractivity contribution in [3.8, 4) is 17.2 Å². The van der Waals surface area contributed by atoms with Crippen molar-refractivity contribution in [2.45, 2.75) is 6.61 Å². The van der Waals surface area contributed by atoms with Gasteiger partial charge in [-0.15, -0.1) is 0 Å². The van der Waals surface area contributed by atoms with Gasteiger partial charge in [-0.25, -0.2) is 4.39 Å². The third-order valence-corrected chi connectivity index (χ3v) is 3.12. The minimum absolute atomic E-state index is 0.0763. The van der Waals surface area contributed by atoms with Crippen LogP contribution < -0.4 is 19.7 Å². The van der Waals surface area contributed by atoms with Crippen LogP contribution in [0.3, 0.4) is 0 Å². The van der Waals surface area contributed by atoms with Crippen LogP contribution in [0.4, 0.5) is 4.39 Å². The highest BCUT2D eigenvalue weighted by atomic mass is 19.1. The van der Waals surface area contributed by atoms with E-state index in [9.17, 15) is 14.4 Å². The third-order valence-electron chi connectivity index (χ3n) is 3.12. The molecule has 5 nitrogen and oxygen atoms in total. The Hall–Kier alpha value is -2.25. The van der Waals surface area contributed by atoms with E-state index in [1.54, 1.807) is 18.2 Å².